The van der Waals surface area contributed by atoms with E-state index in [2.05, 4.69) is 36.8 Å². The van der Waals surface area contributed by atoms with E-state index in [0.717, 1.165) is 8.95 Å². The summed E-state index contributed by atoms with van der Waals surface area (Å²) in [6.07, 6.45) is 0. The van der Waals surface area contributed by atoms with Crippen molar-refractivity contribution in [2.75, 3.05) is 12.8 Å². The molecule has 94 valence electrons. The van der Waals surface area contributed by atoms with Gasteiger partial charge in [-0.05, 0) is 40.2 Å². The highest BCUT2D eigenvalue weighted by atomic mass is 79.9. The van der Waals surface area contributed by atoms with Gasteiger partial charge < -0.3 is 15.2 Å². The molecule has 18 heavy (non-hydrogen) atoms. The zero-order valence-corrected chi connectivity index (χ0v) is 12.7. The standard InChI is InChI=1S/C12H10Br2N2O2/c1-17-12-9(15)3-5-11(16-12)18-10-4-2-7(13)6-8(10)14/h2-6H,15H2,1H3. The van der Waals surface area contributed by atoms with Crippen LogP contribution in [0.15, 0.2) is 39.3 Å². The van der Waals surface area contributed by atoms with Crippen molar-refractivity contribution in [2.24, 2.45) is 0 Å². The largest absolute Gasteiger partial charge is 0.479 e. The van der Waals surface area contributed by atoms with E-state index in [1.807, 2.05) is 18.2 Å². The van der Waals surface area contributed by atoms with Gasteiger partial charge in [0.05, 0.1) is 17.3 Å². The van der Waals surface area contributed by atoms with Crippen LogP contribution in [0.5, 0.6) is 17.5 Å². The molecule has 0 saturated carbocycles. The monoisotopic (exact) mass is 372 g/mol. The Balaban J connectivity index is 2.28. The molecular weight excluding hydrogens is 364 g/mol. The van der Waals surface area contributed by atoms with Crippen molar-refractivity contribution in [2.45, 2.75) is 0 Å². The van der Waals surface area contributed by atoms with E-state index in [9.17, 15) is 0 Å². The predicted octanol–water partition coefficient (Wildman–Crippen LogP) is 3.99. The molecule has 0 spiro atoms. The van der Waals surface area contributed by atoms with Crippen LogP contribution in [0.25, 0.3) is 0 Å². The molecule has 0 aliphatic rings. The molecule has 0 aliphatic heterocycles. The average Bonchev–Trinajstić information content (AvgIpc) is 2.35. The van der Waals surface area contributed by atoms with Gasteiger partial charge in [0.15, 0.2) is 0 Å². The van der Waals surface area contributed by atoms with Gasteiger partial charge in [-0.15, -0.1) is 0 Å². The number of anilines is 1. The summed E-state index contributed by atoms with van der Waals surface area (Å²) in [5.41, 5.74) is 6.16. The first-order chi connectivity index (χ1) is 8.60. The van der Waals surface area contributed by atoms with Crippen LogP contribution in [-0.4, -0.2) is 12.1 Å². The lowest BCUT2D eigenvalue weighted by Crippen LogP contribution is -1.97. The highest BCUT2D eigenvalue weighted by molar-refractivity contribution is 9.11. The van der Waals surface area contributed by atoms with E-state index in [1.165, 1.54) is 7.11 Å². The smallest absolute Gasteiger partial charge is 0.240 e. The van der Waals surface area contributed by atoms with Gasteiger partial charge in [-0.3, -0.25) is 0 Å². The van der Waals surface area contributed by atoms with E-state index in [4.69, 9.17) is 15.2 Å². The average molecular weight is 374 g/mol. The van der Waals surface area contributed by atoms with Gasteiger partial charge in [-0.1, -0.05) is 15.9 Å². The SMILES string of the molecule is COc1nc(Oc2ccc(Br)cc2Br)ccc1N. The number of hydrogen-bond donors (Lipinski definition) is 1. The molecule has 0 aliphatic carbocycles. The summed E-state index contributed by atoms with van der Waals surface area (Å²) >= 11 is 6.79. The van der Waals surface area contributed by atoms with E-state index >= 15 is 0 Å². The molecular formula is C12H10Br2N2O2. The third kappa shape index (κ3) is 2.94. The Labute approximate surface area is 121 Å². The molecule has 2 rings (SSSR count). The lowest BCUT2D eigenvalue weighted by atomic mass is 10.3. The molecule has 1 heterocycles. The molecule has 0 saturated heterocycles. The van der Waals surface area contributed by atoms with Crippen LogP contribution in [0.3, 0.4) is 0 Å². The van der Waals surface area contributed by atoms with Crippen molar-refractivity contribution in [3.05, 3.63) is 39.3 Å². The van der Waals surface area contributed by atoms with E-state index in [0.29, 0.717) is 23.2 Å². The maximum Gasteiger partial charge on any atom is 0.240 e. The van der Waals surface area contributed by atoms with Gasteiger partial charge in [0, 0.05) is 10.5 Å². The van der Waals surface area contributed by atoms with Gasteiger partial charge in [-0.2, -0.15) is 4.98 Å². The normalized spacial score (nSPS) is 10.2. The fourth-order valence-corrected chi connectivity index (χ4v) is 2.45. The van der Waals surface area contributed by atoms with Gasteiger partial charge >= 0.3 is 0 Å². The number of rotatable bonds is 3. The predicted molar refractivity (Wildman–Crippen MR) is 77.1 cm³/mol. The molecule has 0 atom stereocenters. The summed E-state index contributed by atoms with van der Waals surface area (Å²) in [4.78, 5) is 4.15. The molecule has 1 aromatic carbocycles. The first-order valence-corrected chi connectivity index (χ1v) is 6.62. The number of nitrogens with two attached hydrogens (primary N) is 1. The van der Waals surface area contributed by atoms with Crippen LogP contribution < -0.4 is 15.2 Å². The zero-order valence-electron chi connectivity index (χ0n) is 9.48. The number of hydrogen-bond acceptors (Lipinski definition) is 4. The molecule has 2 N–H and O–H groups in total. The molecule has 0 amide bonds. The number of methoxy groups -OCH3 is 1. The van der Waals surface area contributed by atoms with Crippen molar-refractivity contribution < 1.29 is 9.47 Å². The highest BCUT2D eigenvalue weighted by Crippen LogP contribution is 2.32. The lowest BCUT2D eigenvalue weighted by molar-refractivity contribution is 0.385. The van der Waals surface area contributed by atoms with Gasteiger partial charge in [0.2, 0.25) is 11.8 Å². The van der Waals surface area contributed by atoms with Crippen molar-refractivity contribution in [3.8, 4) is 17.5 Å². The van der Waals surface area contributed by atoms with Crippen molar-refractivity contribution in [3.63, 3.8) is 0 Å². The summed E-state index contributed by atoms with van der Waals surface area (Å²) in [7, 11) is 1.51. The minimum Gasteiger partial charge on any atom is -0.479 e. The second-order valence-corrected chi connectivity index (χ2v) is 5.19. The quantitative estimate of drug-likeness (QED) is 0.883. The second kappa shape index (κ2) is 5.58. The topological polar surface area (TPSA) is 57.4 Å². The van der Waals surface area contributed by atoms with E-state index in [1.54, 1.807) is 12.1 Å². The Morgan fingerprint density at radius 3 is 2.61 bits per heavy atom. The van der Waals surface area contributed by atoms with E-state index < -0.39 is 0 Å². The number of aromatic nitrogens is 1. The maximum absolute atomic E-state index is 5.68. The lowest BCUT2D eigenvalue weighted by Gasteiger charge is -2.09. The molecule has 1 aromatic heterocycles. The van der Waals surface area contributed by atoms with Crippen LogP contribution in [0.1, 0.15) is 0 Å². The number of benzene rings is 1. The van der Waals surface area contributed by atoms with Gasteiger partial charge in [0.25, 0.3) is 0 Å². The zero-order chi connectivity index (χ0) is 13.1. The van der Waals surface area contributed by atoms with E-state index in [-0.39, 0.29) is 0 Å². The van der Waals surface area contributed by atoms with Gasteiger partial charge in [0.1, 0.15) is 5.75 Å². The number of halogens is 2. The Morgan fingerprint density at radius 1 is 1.17 bits per heavy atom. The first kappa shape index (κ1) is 13.2. The summed E-state index contributed by atoms with van der Waals surface area (Å²) in [5, 5.41) is 0. The Kier molecular flexibility index (Phi) is 4.08. The molecule has 2 aromatic rings. The van der Waals surface area contributed by atoms with Crippen LogP contribution in [0, 0.1) is 0 Å². The fraction of sp³-hybridized carbons (Fsp3) is 0.0833. The number of nitrogen functional groups attached to an aromatic ring is 1. The highest BCUT2D eigenvalue weighted by Gasteiger charge is 2.07. The number of ether oxygens (including phenoxy) is 2. The minimum atomic E-state index is 0.348. The van der Waals surface area contributed by atoms with Crippen LogP contribution >= 0.6 is 31.9 Å². The summed E-state index contributed by atoms with van der Waals surface area (Å²) in [5.74, 6) is 1.43. The van der Waals surface area contributed by atoms with Crippen molar-refractivity contribution >= 4 is 37.5 Å². The van der Waals surface area contributed by atoms with Crippen molar-refractivity contribution in [1.82, 2.24) is 4.98 Å². The Bertz CT molecular complexity index is 576. The van der Waals surface area contributed by atoms with Crippen molar-refractivity contribution in [1.29, 1.82) is 0 Å². The molecule has 4 nitrogen and oxygen atoms in total. The van der Waals surface area contributed by atoms with Crippen LogP contribution in [0.4, 0.5) is 5.69 Å². The molecule has 0 fully saturated rings. The third-order valence-electron chi connectivity index (χ3n) is 2.17. The Hall–Kier alpha value is -1.27. The molecule has 6 heteroatoms. The van der Waals surface area contributed by atoms with Gasteiger partial charge in [-0.25, -0.2) is 0 Å². The molecule has 0 bridgehead atoms. The third-order valence-corrected chi connectivity index (χ3v) is 3.28. The number of nitrogens with zero attached hydrogens (tertiary/aromatic N) is 1. The number of pyridine rings is 1. The summed E-state index contributed by atoms with van der Waals surface area (Å²) in [6.45, 7) is 0. The molecule has 0 unspecified atom stereocenters. The molecule has 0 radical (unpaired) electrons. The second-order valence-electron chi connectivity index (χ2n) is 3.42. The Morgan fingerprint density at radius 2 is 1.94 bits per heavy atom. The summed E-state index contributed by atoms with van der Waals surface area (Å²) < 4.78 is 12.5. The minimum absolute atomic E-state index is 0.348. The maximum atomic E-state index is 5.68. The van der Waals surface area contributed by atoms with Crippen LogP contribution in [-0.2, 0) is 0 Å². The fourth-order valence-electron chi connectivity index (χ4n) is 1.33. The van der Waals surface area contributed by atoms with Crippen LogP contribution in [0.2, 0.25) is 0 Å². The first-order valence-electron chi connectivity index (χ1n) is 5.03. The summed E-state index contributed by atoms with van der Waals surface area (Å²) in [6, 6.07) is 8.98.